The minimum absolute atomic E-state index is 0.102. The van der Waals surface area contributed by atoms with Crippen LogP contribution >= 0.6 is 0 Å². The summed E-state index contributed by atoms with van der Waals surface area (Å²) in [6, 6.07) is 0.191. The molecule has 0 spiro atoms. The molecule has 0 aromatic carbocycles. The fourth-order valence-electron chi connectivity index (χ4n) is 1.29. The molecule has 0 aliphatic heterocycles. The van der Waals surface area contributed by atoms with Crippen LogP contribution in [0.1, 0.15) is 41.5 Å². The third-order valence-corrected chi connectivity index (χ3v) is 4.82. The predicted octanol–water partition coefficient (Wildman–Crippen LogP) is 1.79. The van der Waals surface area contributed by atoms with Crippen LogP contribution in [0.3, 0.4) is 0 Å². The van der Waals surface area contributed by atoms with Crippen molar-refractivity contribution in [1.82, 2.24) is 5.32 Å². The molecule has 0 aromatic rings. The summed E-state index contributed by atoms with van der Waals surface area (Å²) in [7, 11) is -3.04. The zero-order valence-corrected chi connectivity index (χ0v) is 10.9. The number of rotatable bonds is 5. The van der Waals surface area contributed by atoms with Gasteiger partial charge >= 0.3 is 0 Å². The molecule has 0 radical (unpaired) electrons. The third kappa shape index (κ3) is 3.58. The maximum absolute atomic E-state index is 11.9. The summed E-state index contributed by atoms with van der Waals surface area (Å²) in [4.78, 5) is 0. The second-order valence-corrected chi connectivity index (χ2v) is 7.25. The van der Waals surface area contributed by atoms with Gasteiger partial charge in [-0.1, -0.05) is 13.8 Å². The van der Waals surface area contributed by atoms with Gasteiger partial charge in [0.25, 0.3) is 0 Å². The maximum Gasteiger partial charge on any atom is 0.168 e. The van der Waals surface area contributed by atoms with Crippen LogP contribution in [0.2, 0.25) is 0 Å². The average Bonchev–Trinajstić information content (AvgIpc) is 1.98. The van der Waals surface area contributed by atoms with Crippen LogP contribution in [0, 0.1) is 5.92 Å². The maximum atomic E-state index is 11.9. The van der Waals surface area contributed by atoms with Crippen LogP contribution in [0.4, 0.5) is 0 Å². The summed E-state index contributed by atoms with van der Waals surface area (Å²) < 4.78 is 23.9. The highest BCUT2D eigenvalue weighted by molar-refractivity contribution is 7.92. The van der Waals surface area contributed by atoms with E-state index in [0.717, 1.165) is 0 Å². The van der Waals surface area contributed by atoms with Crippen molar-refractivity contribution in [2.75, 3.05) is 0 Å². The van der Waals surface area contributed by atoms with Gasteiger partial charge in [-0.25, -0.2) is 8.42 Å². The first kappa shape index (κ1) is 13.9. The van der Waals surface area contributed by atoms with Gasteiger partial charge in [-0.3, -0.25) is 5.32 Å². The Kier molecular flexibility index (Phi) is 5.09. The minimum atomic E-state index is -3.04. The topological polar surface area (TPSA) is 46.2 Å². The Bertz CT molecular complexity index is 255. The molecular formula is C10H23NO2S. The summed E-state index contributed by atoms with van der Waals surface area (Å²) in [5.41, 5.74) is 0. The molecule has 0 aromatic heterocycles. The van der Waals surface area contributed by atoms with Crippen molar-refractivity contribution in [1.29, 1.82) is 0 Å². The standard InChI is InChI=1S/C10H23NO2S/c1-7(2)10(11-8(3)4)14(12,13)9(5)6/h7-11H,1-6H3. The molecular weight excluding hydrogens is 198 g/mol. The molecule has 1 N–H and O–H groups in total. The lowest BCUT2D eigenvalue weighted by Gasteiger charge is -2.26. The molecule has 0 aliphatic rings. The van der Waals surface area contributed by atoms with Gasteiger partial charge in [-0.05, 0) is 33.6 Å². The van der Waals surface area contributed by atoms with E-state index < -0.39 is 15.2 Å². The number of nitrogens with one attached hydrogen (secondary N) is 1. The van der Waals surface area contributed by atoms with Crippen LogP contribution in [-0.2, 0) is 9.84 Å². The van der Waals surface area contributed by atoms with Crippen molar-refractivity contribution >= 4 is 9.84 Å². The predicted molar refractivity (Wildman–Crippen MR) is 61.0 cm³/mol. The SMILES string of the molecule is CC(C)NC(C(C)C)S(=O)(=O)C(C)C. The van der Waals surface area contributed by atoms with Crippen molar-refractivity contribution in [3.63, 3.8) is 0 Å². The molecule has 0 aliphatic carbocycles. The van der Waals surface area contributed by atoms with Gasteiger partial charge in [0.05, 0.1) is 5.25 Å². The van der Waals surface area contributed by atoms with Crippen LogP contribution in [0.15, 0.2) is 0 Å². The average molecular weight is 221 g/mol. The van der Waals surface area contributed by atoms with E-state index in [-0.39, 0.29) is 17.2 Å². The zero-order valence-electron chi connectivity index (χ0n) is 10.0. The summed E-state index contributed by atoms with van der Waals surface area (Å²) in [6.07, 6.45) is 0. The highest BCUT2D eigenvalue weighted by atomic mass is 32.2. The Morgan fingerprint density at radius 3 is 1.57 bits per heavy atom. The van der Waals surface area contributed by atoms with Crippen LogP contribution in [0.25, 0.3) is 0 Å². The lowest BCUT2D eigenvalue weighted by molar-refractivity contribution is 0.437. The van der Waals surface area contributed by atoms with Gasteiger partial charge in [0.2, 0.25) is 0 Å². The Balaban J connectivity index is 4.84. The second kappa shape index (κ2) is 5.12. The largest absolute Gasteiger partial charge is 0.299 e. The highest BCUT2D eigenvalue weighted by Gasteiger charge is 2.31. The van der Waals surface area contributed by atoms with E-state index >= 15 is 0 Å². The van der Waals surface area contributed by atoms with Gasteiger partial charge in [-0.15, -0.1) is 0 Å². The molecule has 86 valence electrons. The van der Waals surface area contributed by atoms with Crippen LogP contribution in [-0.4, -0.2) is 25.1 Å². The second-order valence-electron chi connectivity index (χ2n) is 4.62. The summed E-state index contributed by atoms with van der Waals surface area (Å²) in [5, 5.41) is 2.37. The normalized spacial score (nSPS) is 15.5. The van der Waals surface area contributed by atoms with Gasteiger partial charge in [0.15, 0.2) is 9.84 Å². The number of hydrogen-bond acceptors (Lipinski definition) is 3. The van der Waals surface area contributed by atoms with E-state index in [0.29, 0.717) is 0 Å². The molecule has 0 bridgehead atoms. The van der Waals surface area contributed by atoms with Crippen molar-refractivity contribution in [3.8, 4) is 0 Å². The third-order valence-electron chi connectivity index (χ3n) is 2.11. The van der Waals surface area contributed by atoms with E-state index in [4.69, 9.17) is 0 Å². The first-order valence-electron chi connectivity index (χ1n) is 5.18. The Hall–Kier alpha value is -0.0900. The van der Waals surface area contributed by atoms with Crippen molar-refractivity contribution < 1.29 is 8.42 Å². The Morgan fingerprint density at radius 2 is 1.36 bits per heavy atom. The van der Waals surface area contributed by atoms with E-state index in [1.165, 1.54) is 0 Å². The van der Waals surface area contributed by atoms with Gasteiger partial charge in [-0.2, -0.15) is 0 Å². The fraction of sp³-hybridized carbons (Fsp3) is 1.00. The number of hydrogen-bond donors (Lipinski definition) is 1. The first-order chi connectivity index (χ1) is 6.19. The number of sulfone groups is 1. The molecule has 1 unspecified atom stereocenters. The van der Waals surface area contributed by atoms with Crippen LogP contribution in [0.5, 0.6) is 0 Å². The minimum Gasteiger partial charge on any atom is -0.299 e. The van der Waals surface area contributed by atoms with E-state index in [9.17, 15) is 8.42 Å². The summed E-state index contributed by atoms with van der Waals surface area (Å²) >= 11 is 0. The molecule has 14 heavy (non-hydrogen) atoms. The molecule has 1 atom stereocenters. The highest BCUT2D eigenvalue weighted by Crippen LogP contribution is 2.15. The van der Waals surface area contributed by atoms with Crippen LogP contribution < -0.4 is 5.32 Å². The lowest BCUT2D eigenvalue weighted by atomic mass is 10.2. The molecule has 0 saturated carbocycles. The van der Waals surface area contributed by atoms with Gasteiger partial charge < -0.3 is 0 Å². The molecule has 0 amide bonds. The zero-order chi connectivity index (χ0) is 11.5. The van der Waals surface area contributed by atoms with E-state index in [1.54, 1.807) is 13.8 Å². The van der Waals surface area contributed by atoms with Gasteiger partial charge in [0.1, 0.15) is 5.37 Å². The van der Waals surface area contributed by atoms with E-state index in [1.807, 2.05) is 27.7 Å². The molecule has 0 fully saturated rings. The summed E-state index contributed by atoms with van der Waals surface area (Å²) in [5.74, 6) is 0.102. The molecule has 4 heteroatoms. The molecule has 0 rings (SSSR count). The van der Waals surface area contributed by atoms with Crippen molar-refractivity contribution in [3.05, 3.63) is 0 Å². The molecule has 0 saturated heterocycles. The Labute approximate surface area is 88.2 Å². The Morgan fingerprint density at radius 1 is 0.929 bits per heavy atom. The van der Waals surface area contributed by atoms with Gasteiger partial charge in [0, 0.05) is 6.04 Å². The van der Waals surface area contributed by atoms with E-state index in [2.05, 4.69) is 5.32 Å². The molecule has 3 nitrogen and oxygen atoms in total. The monoisotopic (exact) mass is 221 g/mol. The quantitative estimate of drug-likeness (QED) is 0.770. The fourth-order valence-corrected chi connectivity index (χ4v) is 3.10. The van der Waals surface area contributed by atoms with Crippen molar-refractivity contribution in [2.24, 2.45) is 5.92 Å². The smallest absolute Gasteiger partial charge is 0.168 e. The first-order valence-corrected chi connectivity index (χ1v) is 6.79. The lowest BCUT2D eigenvalue weighted by Crippen LogP contribution is -2.47. The summed E-state index contributed by atoms with van der Waals surface area (Å²) in [6.45, 7) is 11.2. The van der Waals surface area contributed by atoms with Crippen molar-refractivity contribution in [2.45, 2.75) is 58.2 Å². The molecule has 0 heterocycles.